The van der Waals surface area contributed by atoms with E-state index in [0.717, 1.165) is 12.1 Å². The van der Waals surface area contributed by atoms with Gasteiger partial charge in [-0.15, -0.1) is 0 Å². The zero-order valence-electron chi connectivity index (χ0n) is 10.5. The maximum Gasteiger partial charge on any atom is 0.0828 e. The third-order valence-corrected chi connectivity index (χ3v) is 3.27. The fraction of sp³-hybridized carbons (Fsp3) is 0.188. The summed E-state index contributed by atoms with van der Waals surface area (Å²) in [4.78, 5) is 0. The molecule has 18 heavy (non-hydrogen) atoms. The fourth-order valence-electron chi connectivity index (χ4n) is 2.41. The first-order valence-corrected chi connectivity index (χ1v) is 6.28. The molecule has 1 atom stereocenters. The number of benzene rings is 2. The van der Waals surface area contributed by atoms with Crippen molar-refractivity contribution in [3.63, 3.8) is 0 Å². The molecule has 0 aliphatic carbocycles. The van der Waals surface area contributed by atoms with Crippen molar-refractivity contribution >= 4 is 11.4 Å². The topological polar surface area (TPSA) is 15.6 Å². The van der Waals surface area contributed by atoms with Gasteiger partial charge in [-0.3, -0.25) is 5.01 Å². The van der Waals surface area contributed by atoms with E-state index in [1.807, 2.05) is 6.07 Å². The lowest BCUT2D eigenvalue weighted by Crippen LogP contribution is -2.18. The first-order valence-electron chi connectivity index (χ1n) is 6.28. The zero-order chi connectivity index (χ0) is 12.4. The Morgan fingerprint density at radius 1 is 0.944 bits per heavy atom. The average Bonchev–Trinajstić information content (AvgIpc) is 2.83. The standard InChI is InChI=1S/C16H16N2/c1-13-12-16(14-8-4-2-5-9-14)18(17-13)15-10-6-3-7-11-15/h2-11,16H,12H2,1H3. The molecule has 0 saturated heterocycles. The molecule has 0 aromatic heterocycles. The zero-order valence-corrected chi connectivity index (χ0v) is 10.5. The summed E-state index contributed by atoms with van der Waals surface area (Å²) in [5.41, 5.74) is 3.66. The Labute approximate surface area is 108 Å². The van der Waals surface area contributed by atoms with Gasteiger partial charge in [0.25, 0.3) is 0 Å². The molecule has 2 aromatic carbocycles. The van der Waals surface area contributed by atoms with Crippen LogP contribution in [0.1, 0.15) is 24.9 Å². The highest BCUT2D eigenvalue weighted by atomic mass is 15.5. The molecule has 0 amide bonds. The molecule has 3 rings (SSSR count). The van der Waals surface area contributed by atoms with Gasteiger partial charge in [-0.1, -0.05) is 48.5 Å². The Hall–Kier alpha value is -2.09. The van der Waals surface area contributed by atoms with Crippen molar-refractivity contribution in [2.75, 3.05) is 5.01 Å². The molecule has 2 aromatic rings. The van der Waals surface area contributed by atoms with Crippen LogP contribution in [0.4, 0.5) is 5.69 Å². The van der Waals surface area contributed by atoms with Crippen LogP contribution in [0.25, 0.3) is 0 Å². The Balaban J connectivity index is 1.97. The van der Waals surface area contributed by atoms with Gasteiger partial charge in [0.15, 0.2) is 0 Å². The molecule has 0 bridgehead atoms. The highest BCUT2D eigenvalue weighted by molar-refractivity contribution is 5.86. The second kappa shape index (κ2) is 4.65. The first kappa shape index (κ1) is 11.0. The minimum absolute atomic E-state index is 0.327. The van der Waals surface area contributed by atoms with Gasteiger partial charge in [0.2, 0.25) is 0 Å². The van der Waals surface area contributed by atoms with Crippen molar-refractivity contribution in [1.82, 2.24) is 0 Å². The van der Waals surface area contributed by atoms with E-state index in [4.69, 9.17) is 0 Å². The van der Waals surface area contributed by atoms with Gasteiger partial charge in [0, 0.05) is 12.1 Å². The second-order valence-electron chi connectivity index (χ2n) is 4.65. The molecule has 1 aliphatic heterocycles. The lowest BCUT2D eigenvalue weighted by Gasteiger charge is -2.23. The van der Waals surface area contributed by atoms with Gasteiger partial charge in [-0.05, 0) is 24.6 Å². The van der Waals surface area contributed by atoms with Crippen molar-refractivity contribution in [1.29, 1.82) is 0 Å². The third-order valence-electron chi connectivity index (χ3n) is 3.27. The average molecular weight is 236 g/mol. The predicted molar refractivity (Wildman–Crippen MR) is 75.8 cm³/mol. The molecule has 0 fully saturated rings. The lowest BCUT2D eigenvalue weighted by atomic mass is 10.0. The summed E-state index contributed by atoms with van der Waals surface area (Å²) in [6, 6.07) is 21.3. The van der Waals surface area contributed by atoms with Gasteiger partial charge in [-0.2, -0.15) is 5.10 Å². The van der Waals surface area contributed by atoms with Gasteiger partial charge in [0.1, 0.15) is 0 Å². The van der Waals surface area contributed by atoms with E-state index in [9.17, 15) is 0 Å². The van der Waals surface area contributed by atoms with Crippen molar-refractivity contribution in [3.8, 4) is 0 Å². The summed E-state index contributed by atoms with van der Waals surface area (Å²) in [5.74, 6) is 0. The number of rotatable bonds is 2. The van der Waals surface area contributed by atoms with E-state index in [-0.39, 0.29) is 0 Å². The molecule has 0 spiro atoms. The number of anilines is 1. The van der Waals surface area contributed by atoms with Crippen LogP contribution >= 0.6 is 0 Å². The van der Waals surface area contributed by atoms with Crippen LogP contribution in [-0.2, 0) is 0 Å². The van der Waals surface area contributed by atoms with Crippen LogP contribution in [0.3, 0.4) is 0 Å². The predicted octanol–water partition coefficient (Wildman–Crippen LogP) is 4.01. The molecule has 1 unspecified atom stereocenters. The Morgan fingerprint density at radius 3 is 2.22 bits per heavy atom. The molecule has 2 nitrogen and oxygen atoms in total. The minimum atomic E-state index is 0.327. The maximum absolute atomic E-state index is 4.67. The van der Waals surface area contributed by atoms with Crippen LogP contribution in [0, 0.1) is 0 Å². The summed E-state index contributed by atoms with van der Waals surface area (Å²) >= 11 is 0. The fourth-order valence-corrected chi connectivity index (χ4v) is 2.41. The molecule has 1 aliphatic rings. The molecule has 1 heterocycles. The van der Waals surface area contributed by atoms with Gasteiger partial charge < -0.3 is 0 Å². The number of hydrogen-bond acceptors (Lipinski definition) is 2. The lowest BCUT2D eigenvalue weighted by molar-refractivity contribution is 0.709. The highest BCUT2D eigenvalue weighted by Crippen LogP contribution is 2.34. The van der Waals surface area contributed by atoms with E-state index in [2.05, 4.69) is 71.6 Å². The first-order chi connectivity index (χ1) is 8.84. The van der Waals surface area contributed by atoms with Crippen molar-refractivity contribution in [2.45, 2.75) is 19.4 Å². The van der Waals surface area contributed by atoms with Gasteiger partial charge >= 0.3 is 0 Å². The Morgan fingerprint density at radius 2 is 1.56 bits per heavy atom. The quantitative estimate of drug-likeness (QED) is 0.769. The van der Waals surface area contributed by atoms with E-state index in [0.29, 0.717) is 6.04 Å². The minimum Gasteiger partial charge on any atom is -0.258 e. The van der Waals surface area contributed by atoms with Crippen molar-refractivity contribution < 1.29 is 0 Å². The summed E-state index contributed by atoms with van der Waals surface area (Å²) in [6.45, 7) is 2.10. The number of nitrogens with zero attached hydrogens (tertiary/aromatic N) is 2. The maximum atomic E-state index is 4.67. The number of hydrazone groups is 1. The normalized spacial score (nSPS) is 18.8. The van der Waals surface area contributed by atoms with Crippen LogP contribution in [0.15, 0.2) is 65.8 Å². The largest absolute Gasteiger partial charge is 0.258 e. The van der Waals surface area contributed by atoms with Crippen LogP contribution in [0.2, 0.25) is 0 Å². The van der Waals surface area contributed by atoms with Crippen LogP contribution in [-0.4, -0.2) is 5.71 Å². The van der Waals surface area contributed by atoms with Gasteiger partial charge in [0.05, 0.1) is 11.7 Å². The highest BCUT2D eigenvalue weighted by Gasteiger charge is 2.26. The van der Waals surface area contributed by atoms with E-state index >= 15 is 0 Å². The molecule has 0 saturated carbocycles. The SMILES string of the molecule is CC1=NN(c2ccccc2)C(c2ccccc2)C1. The van der Waals surface area contributed by atoms with Crippen LogP contribution < -0.4 is 5.01 Å². The van der Waals surface area contributed by atoms with E-state index in [1.165, 1.54) is 11.3 Å². The second-order valence-corrected chi connectivity index (χ2v) is 4.65. The molecular formula is C16H16N2. The van der Waals surface area contributed by atoms with Crippen molar-refractivity contribution in [2.24, 2.45) is 5.10 Å². The van der Waals surface area contributed by atoms with Crippen LogP contribution in [0.5, 0.6) is 0 Å². The number of para-hydroxylation sites is 1. The molecular weight excluding hydrogens is 220 g/mol. The van der Waals surface area contributed by atoms with E-state index in [1.54, 1.807) is 0 Å². The Kier molecular flexibility index (Phi) is 2.85. The molecule has 0 N–H and O–H groups in total. The monoisotopic (exact) mass is 236 g/mol. The molecule has 2 heteroatoms. The summed E-state index contributed by atoms with van der Waals surface area (Å²) < 4.78 is 0. The third kappa shape index (κ3) is 2.02. The summed E-state index contributed by atoms with van der Waals surface area (Å²) in [7, 11) is 0. The molecule has 0 radical (unpaired) electrons. The summed E-state index contributed by atoms with van der Waals surface area (Å²) in [5, 5.41) is 6.80. The molecule has 90 valence electrons. The van der Waals surface area contributed by atoms with Crippen molar-refractivity contribution in [3.05, 3.63) is 66.2 Å². The smallest absolute Gasteiger partial charge is 0.0828 e. The number of hydrogen-bond donors (Lipinski definition) is 0. The van der Waals surface area contributed by atoms with Gasteiger partial charge in [-0.25, -0.2) is 0 Å². The summed E-state index contributed by atoms with van der Waals surface area (Å²) in [6.07, 6.45) is 0.999. The van der Waals surface area contributed by atoms with E-state index < -0.39 is 0 Å². The Bertz CT molecular complexity index is 546.